The summed E-state index contributed by atoms with van der Waals surface area (Å²) in [7, 11) is -3.74. The van der Waals surface area contributed by atoms with Gasteiger partial charge in [0.25, 0.3) is 0 Å². The summed E-state index contributed by atoms with van der Waals surface area (Å²) < 4.78 is 64.3. The van der Waals surface area contributed by atoms with Gasteiger partial charge in [0, 0.05) is 17.8 Å². The SMILES string of the molecule is O=S(=O)(NCCn1ccc(C(F)(F)F)n1)c1ccc(Cl)cc1. The van der Waals surface area contributed by atoms with Crippen LogP contribution in [0.5, 0.6) is 0 Å². The molecule has 22 heavy (non-hydrogen) atoms. The summed E-state index contributed by atoms with van der Waals surface area (Å²) in [6.45, 7) is -0.118. The second-order valence-corrected chi connectivity index (χ2v) is 6.52. The van der Waals surface area contributed by atoms with Crippen molar-refractivity contribution in [3.8, 4) is 0 Å². The molecule has 1 heterocycles. The predicted octanol–water partition coefficient (Wildman–Crippen LogP) is 2.53. The van der Waals surface area contributed by atoms with Gasteiger partial charge in [-0.25, -0.2) is 13.1 Å². The van der Waals surface area contributed by atoms with Gasteiger partial charge < -0.3 is 0 Å². The van der Waals surface area contributed by atoms with Crippen LogP contribution in [0, 0.1) is 0 Å². The van der Waals surface area contributed by atoms with E-state index in [0.717, 1.165) is 16.9 Å². The third-order valence-electron chi connectivity index (χ3n) is 2.69. The first-order valence-electron chi connectivity index (χ1n) is 6.04. The Hall–Kier alpha value is -1.58. The van der Waals surface area contributed by atoms with Gasteiger partial charge in [-0.3, -0.25) is 4.68 Å². The average Bonchev–Trinajstić information content (AvgIpc) is 2.88. The van der Waals surface area contributed by atoms with Crippen molar-refractivity contribution in [2.75, 3.05) is 6.54 Å². The molecule has 2 aromatic rings. The third-order valence-corrected chi connectivity index (χ3v) is 4.42. The molecule has 0 fully saturated rings. The number of benzene rings is 1. The molecule has 0 saturated carbocycles. The lowest BCUT2D eigenvalue weighted by Crippen LogP contribution is -2.27. The number of nitrogens with zero attached hydrogens (tertiary/aromatic N) is 2. The van der Waals surface area contributed by atoms with Gasteiger partial charge in [0.2, 0.25) is 10.0 Å². The molecule has 2 rings (SSSR count). The van der Waals surface area contributed by atoms with E-state index in [0.29, 0.717) is 5.02 Å². The van der Waals surface area contributed by atoms with E-state index in [1.54, 1.807) is 0 Å². The maximum Gasteiger partial charge on any atom is 0.435 e. The Bertz CT molecular complexity index is 742. The molecule has 5 nitrogen and oxygen atoms in total. The van der Waals surface area contributed by atoms with E-state index in [2.05, 4.69) is 9.82 Å². The van der Waals surface area contributed by atoms with E-state index in [1.807, 2.05) is 0 Å². The molecule has 0 atom stereocenters. The van der Waals surface area contributed by atoms with Crippen LogP contribution in [-0.2, 0) is 22.7 Å². The summed E-state index contributed by atoms with van der Waals surface area (Å²) in [6, 6.07) is 6.35. The van der Waals surface area contributed by atoms with E-state index in [4.69, 9.17) is 11.6 Å². The summed E-state index contributed by atoms with van der Waals surface area (Å²) in [4.78, 5) is 0.0216. The number of sulfonamides is 1. The highest BCUT2D eigenvalue weighted by Gasteiger charge is 2.33. The molecule has 120 valence electrons. The van der Waals surface area contributed by atoms with Crippen molar-refractivity contribution >= 4 is 21.6 Å². The third kappa shape index (κ3) is 4.21. The molecule has 0 aliphatic rings. The number of alkyl halides is 3. The zero-order valence-electron chi connectivity index (χ0n) is 11.0. The Kier molecular flexibility index (Phi) is 4.78. The fourth-order valence-electron chi connectivity index (χ4n) is 1.63. The summed E-state index contributed by atoms with van der Waals surface area (Å²) in [5.74, 6) is 0. The van der Waals surface area contributed by atoms with Gasteiger partial charge in [-0.15, -0.1) is 0 Å². The second-order valence-electron chi connectivity index (χ2n) is 4.31. The average molecular weight is 354 g/mol. The molecular formula is C12H11ClF3N3O2S. The van der Waals surface area contributed by atoms with Crippen LogP contribution in [-0.4, -0.2) is 24.7 Å². The fraction of sp³-hybridized carbons (Fsp3) is 0.250. The van der Waals surface area contributed by atoms with Crippen LogP contribution in [0.25, 0.3) is 0 Å². The minimum absolute atomic E-state index is 0.0216. The van der Waals surface area contributed by atoms with Crippen molar-refractivity contribution in [2.24, 2.45) is 0 Å². The molecule has 0 saturated heterocycles. The first-order valence-corrected chi connectivity index (χ1v) is 7.90. The minimum atomic E-state index is -4.52. The molecule has 1 aromatic heterocycles. The Morgan fingerprint density at radius 3 is 2.36 bits per heavy atom. The van der Waals surface area contributed by atoms with Gasteiger partial charge in [-0.2, -0.15) is 18.3 Å². The summed E-state index contributed by atoms with van der Waals surface area (Å²) in [5.41, 5.74) is -1.02. The van der Waals surface area contributed by atoms with Gasteiger partial charge in [0.05, 0.1) is 11.4 Å². The Morgan fingerprint density at radius 2 is 1.82 bits per heavy atom. The van der Waals surface area contributed by atoms with Crippen molar-refractivity contribution in [3.05, 3.63) is 47.2 Å². The van der Waals surface area contributed by atoms with E-state index in [9.17, 15) is 21.6 Å². The van der Waals surface area contributed by atoms with Crippen molar-refractivity contribution in [3.63, 3.8) is 0 Å². The number of halogens is 4. The van der Waals surface area contributed by atoms with E-state index in [1.165, 1.54) is 24.3 Å². The Labute approximate surface area is 129 Å². The van der Waals surface area contributed by atoms with E-state index in [-0.39, 0.29) is 18.0 Å². The summed E-state index contributed by atoms with van der Waals surface area (Å²) in [5, 5.41) is 3.72. The molecule has 1 N–H and O–H groups in total. The zero-order valence-corrected chi connectivity index (χ0v) is 12.6. The molecule has 0 spiro atoms. The standard InChI is InChI=1S/C12H11ClF3N3O2S/c13-9-1-3-10(4-2-9)22(20,21)17-6-8-19-7-5-11(18-19)12(14,15)16/h1-5,7,17H,6,8H2. The van der Waals surface area contributed by atoms with Gasteiger partial charge in [-0.05, 0) is 30.3 Å². The molecule has 0 amide bonds. The van der Waals surface area contributed by atoms with Crippen LogP contribution >= 0.6 is 11.6 Å². The highest BCUT2D eigenvalue weighted by Crippen LogP contribution is 2.27. The number of aromatic nitrogens is 2. The Balaban J connectivity index is 1.95. The van der Waals surface area contributed by atoms with Crippen LogP contribution in [0.2, 0.25) is 5.02 Å². The monoisotopic (exact) mass is 353 g/mol. The van der Waals surface area contributed by atoms with Crippen LogP contribution in [0.3, 0.4) is 0 Å². The number of rotatable bonds is 5. The quantitative estimate of drug-likeness (QED) is 0.898. The van der Waals surface area contributed by atoms with Crippen molar-refractivity contribution in [1.82, 2.24) is 14.5 Å². The molecule has 0 bridgehead atoms. The molecule has 0 aliphatic heterocycles. The van der Waals surface area contributed by atoms with Gasteiger partial charge >= 0.3 is 6.18 Å². The van der Waals surface area contributed by atoms with Gasteiger partial charge in [-0.1, -0.05) is 11.6 Å². The highest BCUT2D eigenvalue weighted by molar-refractivity contribution is 7.89. The fourth-order valence-corrected chi connectivity index (χ4v) is 2.78. The van der Waals surface area contributed by atoms with E-state index < -0.39 is 21.9 Å². The van der Waals surface area contributed by atoms with Gasteiger partial charge in [0.15, 0.2) is 5.69 Å². The Morgan fingerprint density at radius 1 is 1.18 bits per heavy atom. The summed E-state index contributed by atoms with van der Waals surface area (Å²) in [6.07, 6.45) is -3.38. The lowest BCUT2D eigenvalue weighted by Gasteiger charge is -2.07. The van der Waals surface area contributed by atoms with Gasteiger partial charge in [0.1, 0.15) is 0 Å². The smallest absolute Gasteiger partial charge is 0.271 e. The first-order chi connectivity index (χ1) is 10.2. The number of hydrogen-bond donors (Lipinski definition) is 1. The number of nitrogens with one attached hydrogen (secondary N) is 1. The minimum Gasteiger partial charge on any atom is -0.271 e. The van der Waals surface area contributed by atoms with Crippen molar-refractivity contribution < 1.29 is 21.6 Å². The van der Waals surface area contributed by atoms with Crippen LogP contribution < -0.4 is 4.72 Å². The predicted molar refractivity (Wildman–Crippen MR) is 73.9 cm³/mol. The van der Waals surface area contributed by atoms with Crippen molar-refractivity contribution in [2.45, 2.75) is 17.6 Å². The molecule has 0 aliphatic carbocycles. The molecular weight excluding hydrogens is 343 g/mol. The van der Waals surface area contributed by atoms with Crippen LogP contribution in [0.4, 0.5) is 13.2 Å². The first kappa shape index (κ1) is 16.8. The largest absolute Gasteiger partial charge is 0.435 e. The van der Waals surface area contributed by atoms with E-state index >= 15 is 0 Å². The number of hydrogen-bond acceptors (Lipinski definition) is 3. The maximum absolute atomic E-state index is 12.4. The highest BCUT2D eigenvalue weighted by atomic mass is 35.5. The molecule has 0 radical (unpaired) electrons. The zero-order chi connectivity index (χ0) is 16.4. The molecule has 0 unspecified atom stereocenters. The lowest BCUT2D eigenvalue weighted by molar-refractivity contribution is -0.141. The van der Waals surface area contributed by atoms with Crippen LogP contribution in [0.15, 0.2) is 41.4 Å². The maximum atomic E-state index is 12.4. The molecule has 1 aromatic carbocycles. The summed E-state index contributed by atoms with van der Waals surface area (Å²) >= 11 is 5.67. The normalized spacial score (nSPS) is 12.5. The topological polar surface area (TPSA) is 64.0 Å². The van der Waals surface area contributed by atoms with Crippen molar-refractivity contribution in [1.29, 1.82) is 0 Å². The molecule has 10 heteroatoms. The van der Waals surface area contributed by atoms with Crippen LogP contribution in [0.1, 0.15) is 5.69 Å². The lowest BCUT2D eigenvalue weighted by atomic mass is 10.4. The second kappa shape index (κ2) is 6.27.